The molecular formula is C13H13N3O2. The van der Waals surface area contributed by atoms with Gasteiger partial charge in [-0.15, -0.1) is 0 Å². The van der Waals surface area contributed by atoms with E-state index in [-0.39, 0.29) is 0 Å². The minimum Gasteiger partial charge on any atom is -0.497 e. The topological polar surface area (TPSA) is 77.2 Å². The Morgan fingerprint density at radius 1 is 1.28 bits per heavy atom. The van der Waals surface area contributed by atoms with Gasteiger partial charge in [0.1, 0.15) is 11.6 Å². The van der Waals surface area contributed by atoms with Gasteiger partial charge in [-0.05, 0) is 36.4 Å². The minimum atomic E-state index is -0.515. The second-order valence-electron chi connectivity index (χ2n) is 3.62. The molecule has 0 saturated carbocycles. The van der Waals surface area contributed by atoms with Crippen LogP contribution in [0.2, 0.25) is 0 Å². The summed E-state index contributed by atoms with van der Waals surface area (Å²) in [7, 11) is 1.60. The summed E-state index contributed by atoms with van der Waals surface area (Å²) < 4.78 is 5.06. The Morgan fingerprint density at radius 2 is 2.00 bits per heavy atom. The van der Waals surface area contributed by atoms with E-state index in [0.29, 0.717) is 11.4 Å². The average Bonchev–Trinajstić information content (AvgIpc) is 2.40. The zero-order valence-corrected chi connectivity index (χ0v) is 9.88. The third-order valence-electron chi connectivity index (χ3n) is 2.43. The summed E-state index contributed by atoms with van der Waals surface area (Å²) in [6, 6.07) is 10.6. The second-order valence-corrected chi connectivity index (χ2v) is 3.62. The number of nitrogens with two attached hydrogens (primary N) is 1. The molecule has 5 nitrogen and oxygen atoms in total. The van der Waals surface area contributed by atoms with Crippen molar-refractivity contribution >= 4 is 17.4 Å². The van der Waals surface area contributed by atoms with Crippen molar-refractivity contribution in [2.24, 2.45) is 5.73 Å². The number of ether oxygens (including phenoxy) is 1. The van der Waals surface area contributed by atoms with Crippen LogP contribution in [0.15, 0.2) is 42.6 Å². The molecule has 2 rings (SSSR count). The van der Waals surface area contributed by atoms with Gasteiger partial charge in [-0.3, -0.25) is 4.79 Å². The number of methoxy groups -OCH3 is 1. The van der Waals surface area contributed by atoms with E-state index in [1.54, 1.807) is 25.4 Å². The smallest absolute Gasteiger partial charge is 0.252 e. The molecule has 3 N–H and O–H groups in total. The number of aromatic nitrogens is 1. The van der Waals surface area contributed by atoms with Crippen LogP contribution in [0.5, 0.6) is 5.75 Å². The molecule has 0 radical (unpaired) electrons. The predicted molar refractivity (Wildman–Crippen MR) is 69.0 cm³/mol. The molecule has 1 aromatic carbocycles. The first-order valence-corrected chi connectivity index (χ1v) is 5.36. The van der Waals surface area contributed by atoms with Gasteiger partial charge in [-0.1, -0.05) is 0 Å². The second kappa shape index (κ2) is 5.18. The Kier molecular flexibility index (Phi) is 3.43. The highest BCUT2D eigenvalue weighted by Crippen LogP contribution is 2.20. The van der Waals surface area contributed by atoms with Crippen molar-refractivity contribution < 1.29 is 9.53 Å². The van der Waals surface area contributed by atoms with Crippen molar-refractivity contribution in [1.82, 2.24) is 4.98 Å². The van der Waals surface area contributed by atoms with E-state index in [1.165, 1.54) is 0 Å². The van der Waals surface area contributed by atoms with Gasteiger partial charge in [-0.25, -0.2) is 4.98 Å². The molecular weight excluding hydrogens is 230 g/mol. The fraction of sp³-hybridized carbons (Fsp3) is 0.0769. The lowest BCUT2D eigenvalue weighted by Crippen LogP contribution is -2.14. The molecule has 0 atom stereocenters. The zero-order valence-electron chi connectivity index (χ0n) is 9.88. The van der Waals surface area contributed by atoms with Crippen LogP contribution in [0.4, 0.5) is 11.5 Å². The summed E-state index contributed by atoms with van der Waals surface area (Å²) in [5.74, 6) is 0.686. The minimum absolute atomic E-state index is 0.355. The van der Waals surface area contributed by atoms with Crippen LogP contribution in [0.1, 0.15) is 10.4 Å². The molecule has 18 heavy (non-hydrogen) atoms. The number of benzene rings is 1. The number of rotatable bonds is 4. The van der Waals surface area contributed by atoms with Crippen LogP contribution in [0.25, 0.3) is 0 Å². The van der Waals surface area contributed by atoms with Gasteiger partial charge < -0.3 is 15.8 Å². The summed E-state index contributed by atoms with van der Waals surface area (Å²) >= 11 is 0. The monoisotopic (exact) mass is 243 g/mol. The van der Waals surface area contributed by atoms with Crippen LogP contribution < -0.4 is 15.8 Å². The first-order chi connectivity index (χ1) is 8.70. The van der Waals surface area contributed by atoms with E-state index < -0.39 is 5.91 Å². The van der Waals surface area contributed by atoms with Crippen molar-refractivity contribution in [1.29, 1.82) is 0 Å². The maximum atomic E-state index is 11.2. The highest BCUT2D eigenvalue weighted by Gasteiger charge is 2.08. The fourth-order valence-electron chi connectivity index (χ4n) is 1.51. The normalized spacial score (nSPS) is 9.83. The number of hydrogen-bond acceptors (Lipinski definition) is 4. The van der Waals surface area contributed by atoms with E-state index in [1.807, 2.05) is 24.3 Å². The van der Waals surface area contributed by atoms with E-state index in [9.17, 15) is 4.79 Å². The van der Waals surface area contributed by atoms with Crippen LogP contribution in [0, 0.1) is 0 Å². The highest BCUT2D eigenvalue weighted by atomic mass is 16.5. The SMILES string of the molecule is COc1ccc(Nc2ncccc2C(N)=O)cc1. The Bertz CT molecular complexity index is 552. The average molecular weight is 243 g/mol. The molecule has 0 saturated heterocycles. The van der Waals surface area contributed by atoms with Gasteiger partial charge >= 0.3 is 0 Å². The molecule has 0 fully saturated rings. The third kappa shape index (κ3) is 2.57. The first-order valence-electron chi connectivity index (χ1n) is 5.36. The number of amides is 1. The van der Waals surface area contributed by atoms with Crippen LogP contribution in [-0.2, 0) is 0 Å². The largest absolute Gasteiger partial charge is 0.497 e. The molecule has 0 bridgehead atoms. The van der Waals surface area contributed by atoms with Gasteiger partial charge in [0, 0.05) is 11.9 Å². The van der Waals surface area contributed by atoms with Crippen molar-refractivity contribution in [2.75, 3.05) is 12.4 Å². The van der Waals surface area contributed by atoms with Crippen LogP contribution >= 0.6 is 0 Å². The quantitative estimate of drug-likeness (QED) is 0.860. The van der Waals surface area contributed by atoms with Gasteiger partial charge in [0.15, 0.2) is 0 Å². The summed E-state index contributed by atoms with van der Waals surface area (Å²) in [6.07, 6.45) is 1.60. The van der Waals surface area contributed by atoms with Crippen LogP contribution in [0.3, 0.4) is 0 Å². The zero-order chi connectivity index (χ0) is 13.0. The molecule has 5 heteroatoms. The molecule has 1 aromatic heterocycles. The third-order valence-corrected chi connectivity index (χ3v) is 2.43. The molecule has 2 aromatic rings. The van der Waals surface area contributed by atoms with Crippen molar-refractivity contribution in [3.05, 3.63) is 48.2 Å². The van der Waals surface area contributed by atoms with Gasteiger partial charge in [0.2, 0.25) is 0 Å². The number of nitrogens with one attached hydrogen (secondary N) is 1. The molecule has 92 valence electrons. The lowest BCUT2D eigenvalue weighted by molar-refractivity contribution is 0.100. The summed E-state index contributed by atoms with van der Waals surface area (Å²) in [5.41, 5.74) is 6.43. The van der Waals surface area contributed by atoms with Gasteiger partial charge in [0.25, 0.3) is 5.91 Å². The number of nitrogens with zero attached hydrogens (tertiary/aromatic N) is 1. The highest BCUT2D eigenvalue weighted by molar-refractivity contribution is 5.98. The maximum Gasteiger partial charge on any atom is 0.252 e. The molecule has 0 spiro atoms. The lowest BCUT2D eigenvalue weighted by atomic mass is 10.2. The standard InChI is InChI=1S/C13H13N3O2/c1-18-10-6-4-9(5-7-10)16-13-11(12(14)17)3-2-8-15-13/h2-8H,1H3,(H2,14,17)(H,15,16). The van der Waals surface area contributed by atoms with E-state index in [4.69, 9.17) is 10.5 Å². The molecule has 0 aliphatic heterocycles. The maximum absolute atomic E-state index is 11.2. The van der Waals surface area contributed by atoms with Crippen LogP contribution in [-0.4, -0.2) is 18.0 Å². The van der Waals surface area contributed by atoms with E-state index in [0.717, 1.165) is 11.4 Å². The van der Waals surface area contributed by atoms with Crippen molar-refractivity contribution in [3.63, 3.8) is 0 Å². The molecule has 0 aliphatic carbocycles. The number of carbonyl (C=O) groups is 1. The number of anilines is 2. The molecule has 1 heterocycles. The first kappa shape index (κ1) is 11.9. The predicted octanol–water partition coefficient (Wildman–Crippen LogP) is 1.93. The Morgan fingerprint density at radius 3 is 2.61 bits per heavy atom. The summed E-state index contributed by atoms with van der Waals surface area (Å²) in [5, 5.41) is 3.04. The van der Waals surface area contributed by atoms with Gasteiger partial charge in [-0.2, -0.15) is 0 Å². The molecule has 0 unspecified atom stereocenters. The number of primary amides is 1. The number of carbonyl (C=O) groups excluding carboxylic acids is 1. The Labute approximate surface area is 105 Å². The summed E-state index contributed by atoms with van der Waals surface area (Å²) in [4.78, 5) is 15.3. The van der Waals surface area contributed by atoms with Crippen molar-refractivity contribution in [3.8, 4) is 5.75 Å². The lowest BCUT2D eigenvalue weighted by Gasteiger charge is -2.09. The van der Waals surface area contributed by atoms with E-state index in [2.05, 4.69) is 10.3 Å². The molecule has 0 aliphatic rings. The summed E-state index contributed by atoms with van der Waals surface area (Å²) in [6.45, 7) is 0. The van der Waals surface area contributed by atoms with E-state index >= 15 is 0 Å². The number of pyridine rings is 1. The fourth-order valence-corrected chi connectivity index (χ4v) is 1.51. The molecule has 1 amide bonds. The Balaban J connectivity index is 2.25. The number of hydrogen-bond donors (Lipinski definition) is 2. The van der Waals surface area contributed by atoms with Gasteiger partial charge in [0.05, 0.1) is 12.7 Å². The van der Waals surface area contributed by atoms with Crippen molar-refractivity contribution in [2.45, 2.75) is 0 Å². The Hall–Kier alpha value is -2.56.